The average Bonchev–Trinajstić information content (AvgIpc) is 3.01. The number of fused-ring (bicyclic) bond motifs is 12. The molecule has 8 heteroatoms. The Morgan fingerprint density at radius 2 is 1.25 bits per heavy atom. The fourth-order valence-electron chi connectivity index (χ4n) is 5.03. The zero-order valence-electron chi connectivity index (χ0n) is 9.55. The Morgan fingerprint density at radius 3 is 1.65 bits per heavy atom. The van der Waals surface area contributed by atoms with Gasteiger partial charge in [0.15, 0.2) is 4.33 Å². The van der Waals surface area contributed by atoms with Crippen LogP contribution in [0.2, 0.25) is 0 Å². The second kappa shape index (κ2) is 3.31. The van der Waals surface area contributed by atoms with Gasteiger partial charge in [-0.2, -0.15) is 0 Å². The normalized spacial score (nSPS) is 64.0. The van der Waals surface area contributed by atoms with Crippen molar-refractivity contribution < 1.29 is 9.53 Å². The molecule has 3 saturated carbocycles. The molecule has 4 bridgehead atoms. The Bertz CT molecular complexity index is 583. The first kappa shape index (κ1) is 13.5. The molecule has 2 nitrogen and oxygen atoms in total. The van der Waals surface area contributed by atoms with E-state index in [4.69, 9.17) is 74.3 Å². The van der Waals surface area contributed by atoms with Gasteiger partial charge >= 0.3 is 0 Å². The van der Waals surface area contributed by atoms with Crippen molar-refractivity contribution in [3.05, 3.63) is 10.1 Å². The van der Waals surface area contributed by atoms with Crippen LogP contribution in [0.3, 0.4) is 0 Å². The summed E-state index contributed by atoms with van der Waals surface area (Å²) in [6, 6.07) is 0. The number of ether oxygens (including phenoxy) is 1. The first-order valence-corrected chi connectivity index (χ1v) is 8.48. The molecule has 0 spiro atoms. The van der Waals surface area contributed by atoms with Gasteiger partial charge in [-0.1, -0.05) is 46.4 Å². The lowest BCUT2D eigenvalue weighted by molar-refractivity contribution is -0.125. The lowest BCUT2D eigenvalue weighted by Gasteiger charge is -2.36. The molecule has 1 heterocycles. The maximum absolute atomic E-state index is 12.5. The molecule has 8 atom stereocenters. The van der Waals surface area contributed by atoms with Gasteiger partial charge in [0.1, 0.15) is 15.5 Å². The Morgan fingerprint density at radius 1 is 0.850 bits per heavy atom. The maximum atomic E-state index is 12.5. The molecule has 20 heavy (non-hydrogen) atoms. The fraction of sp³-hybridized carbons (Fsp3) is 0.750. The van der Waals surface area contributed by atoms with Crippen molar-refractivity contribution >= 4 is 75.4 Å². The van der Waals surface area contributed by atoms with Gasteiger partial charge in [-0.25, -0.2) is 0 Å². The third-order valence-corrected chi connectivity index (χ3v) is 10.0. The highest BCUT2D eigenvalue weighted by atomic mass is 35.5. The summed E-state index contributed by atoms with van der Waals surface area (Å²) in [5.41, 5.74) is 0. The third-order valence-electron chi connectivity index (χ3n) is 5.75. The number of carbonyl (C=O) groups is 1. The van der Waals surface area contributed by atoms with Gasteiger partial charge in [0, 0.05) is 11.8 Å². The summed E-state index contributed by atoms with van der Waals surface area (Å²) in [5.74, 6) is -1.18. The van der Waals surface area contributed by atoms with Crippen molar-refractivity contribution in [2.24, 2.45) is 23.7 Å². The van der Waals surface area contributed by atoms with Crippen LogP contribution in [-0.2, 0) is 9.53 Å². The molecule has 0 amide bonds. The van der Waals surface area contributed by atoms with Gasteiger partial charge < -0.3 is 4.74 Å². The first-order chi connectivity index (χ1) is 9.20. The summed E-state index contributed by atoms with van der Waals surface area (Å²) in [7, 11) is 0. The molecule has 1 unspecified atom stereocenters. The van der Waals surface area contributed by atoms with Crippen molar-refractivity contribution in [1.29, 1.82) is 0 Å². The lowest BCUT2D eigenvalue weighted by atomic mass is 9.73. The summed E-state index contributed by atoms with van der Waals surface area (Å²) in [5, 5.41) is 0.333. The molecule has 108 valence electrons. The van der Waals surface area contributed by atoms with Crippen molar-refractivity contribution in [3.63, 3.8) is 0 Å². The minimum absolute atomic E-state index is 0.0867. The standard InChI is InChI=1S/C12H6Cl6O2/c13-8-9(14)11(16)4-2-5(19)1(6-7(2)20-6)3(4)10(8,15)12(11,17)18/h1-4,6-7H/t1-,2+,3+,4-,6+,7-,10+,11?/m1/s1. The van der Waals surface area contributed by atoms with E-state index in [1.807, 2.05) is 0 Å². The van der Waals surface area contributed by atoms with Gasteiger partial charge in [-0.3, -0.25) is 4.79 Å². The number of carbonyl (C=O) groups excluding carboxylic acids is 1. The quantitative estimate of drug-likeness (QED) is 0.356. The van der Waals surface area contributed by atoms with Gasteiger partial charge in [0.2, 0.25) is 0 Å². The van der Waals surface area contributed by atoms with E-state index in [2.05, 4.69) is 0 Å². The van der Waals surface area contributed by atoms with E-state index in [-0.39, 0.29) is 51.7 Å². The van der Waals surface area contributed by atoms with Crippen molar-refractivity contribution in [2.75, 3.05) is 0 Å². The molecule has 1 aliphatic heterocycles. The first-order valence-electron chi connectivity index (χ1n) is 6.21. The lowest BCUT2D eigenvalue weighted by Crippen LogP contribution is -2.47. The monoisotopic (exact) mass is 392 g/mol. The Labute approximate surface area is 144 Å². The number of rotatable bonds is 0. The molecule has 0 aromatic heterocycles. The van der Waals surface area contributed by atoms with E-state index in [9.17, 15) is 4.79 Å². The largest absolute Gasteiger partial charge is 0.368 e. The Hall–Kier alpha value is 1.11. The molecule has 0 aromatic rings. The predicted octanol–water partition coefficient (Wildman–Crippen LogP) is 3.66. The molecule has 1 saturated heterocycles. The second-order valence-corrected chi connectivity index (χ2v) is 9.47. The number of allylic oxidation sites excluding steroid dienone is 2. The number of halogens is 6. The highest BCUT2D eigenvalue weighted by molar-refractivity contribution is 6.65. The van der Waals surface area contributed by atoms with Crippen LogP contribution in [0, 0.1) is 23.7 Å². The molecule has 0 aromatic carbocycles. The second-order valence-electron chi connectivity index (χ2n) is 6.20. The van der Waals surface area contributed by atoms with Crippen LogP contribution in [0.1, 0.15) is 0 Å². The number of Topliss-reactive ketones (excluding diaryl/α,β-unsaturated/α-hetero) is 1. The minimum Gasteiger partial charge on any atom is -0.368 e. The smallest absolute Gasteiger partial charge is 0.166 e. The number of ketones is 1. The molecular formula is C12H6Cl6O2. The fourth-order valence-corrected chi connectivity index (χ4v) is 8.11. The van der Waals surface area contributed by atoms with E-state index in [0.717, 1.165) is 0 Å². The number of hydrogen-bond acceptors (Lipinski definition) is 2. The summed E-state index contributed by atoms with van der Waals surface area (Å²) in [4.78, 5) is 9.81. The van der Waals surface area contributed by atoms with E-state index in [1.165, 1.54) is 0 Å². The van der Waals surface area contributed by atoms with Gasteiger partial charge in [-0.15, -0.1) is 23.2 Å². The van der Waals surface area contributed by atoms with Crippen molar-refractivity contribution in [1.82, 2.24) is 0 Å². The SMILES string of the molecule is O=C1[C@@H]2[C@@H]3O[C@@H]3[C@H]1[C@@H]1[C@H]2[C@]2(Cl)C(Cl)=C(Cl)C1(Cl)C2(Cl)Cl. The van der Waals surface area contributed by atoms with Crippen LogP contribution >= 0.6 is 69.6 Å². The average molecular weight is 395 g/mol. The van der Waals surface area contributed by atoms with Gasteiger partial charge in [0.05, 0.1) is 34.1 Å². The summed E-state index contributed by atoms with van der Waals surface area (Å²) in [6.07, 6.45) is -0.173. The summed E-state index contributed by atoms with van der Waals surface area (Å²) in [6.45, 7) is 0. The topological polar surface area (TPSA) is 29.6 Å². The van der Waals surface area contributed by atoms with Crippen LogP contribution in [-0.4, -0.2) is 32.1 Å². The van der Waals surface area contributed by atoms with E-state index in [1.54, 1.807) is 0 Å². The molecule has 5 rings (SSSR count). The predicted molar refractivity (Wildman–Crippen MR) is 78.0 cm³/mol. The molecule has 0 N–H and O–H groups in total. The van der Waals surface area contributed by atoms with E-state index < -0.39 is 14.1 Å². The van der Waals surface area contributed by atoms with E-state index >= 15 is 0 Å². The maximum Gasteiger partial charge on any atom is 0.166 e. The van der Waals surface area contributed by atoms with Gasteiger partial charge in [0.25, 0.3) is 0 Å². The molecule has 4 fully saturated rings. The van der Waals surface area contributed by atoms with Crippen LogP contribution in [0.4, 0.5) is 0 Å². The Kier molecular flexibility index (Phi) is 2.24. The summed E-state index contributed by atoms with van der Waals surface area (Å²) < 4.78 is 4.03. The minimum atomic E-state index is -1.54. The third kappa shape index (κ3) is 0.953. The van der Waals surface area contributed by atoms with Crippen LogP contribution in [0.15, 0.2) is 10.1 Å². The highest BCUT2D eigenvalue weighted by Crippen LogP contribution is 2.83. The zero-order chi connectivity index (χ0) is 14.4. The van der Waals surface area contributed by atoms with E-state index in [0.29, 0.717) is 0 Å². The summed E-state index contributed by atoms with van der Waals surface area (Å²) >= 11 is 39.1. The number of epoxide rings is 1. The highest BCUT2D eigenvalue weighted by Gasteiger charge is 2.91. The van der Waals surface area contributed by atoms with Gasteiger partial charge in [-0.05, 0) is 0 Å². The van der Waals surface area contributed by atoms with Crippen LogP contribution < -0.4 is 0 Å². The van der Waals surface area contributed by atoms with Crippen LogP contribution in [0.5, 0.6) is 0 Å². The molecule has 4 aliphatic carbocycles. The molecule has 0 radical (unpaired) electrons. The van der Waals surface area contributed by atoms with Crippen molar-refractivity contribution in [3.8, 4) is 0 Å². The van der Waals surface area contributed by atoms with Crippen LogP contribution in [0.25, 0.3) is 0 Å². The van der Waals surface area contributed by atoms with Crippen molar-refractivity contribution in [2.45, 2.75) is 26.3 Å². The number of hydrogen-bond donors (Lipinski definition) is 0. The Balaban J connectivity index is 1.82. The molecule has 5 aliphatic rings. The molecular weight excluding hydrogens is 389 g/mol. The number of alkyl halides is 4. The zero-order valence-corrected chi connectivity index (χ0v) is 14.1.